The smallest absolute Gasteiger partial charge is 0.812 e. The van der Waals surface area contributed by atoms with E-state index in [1.807, 2.05) is 0 Å². The molecule has 30 heavy (non-hydrogen) atoms. The molecule has 0 N–H and O–H groups in total. The Morgan fingerprint density at radius 1 is 0.600 bits per heavy atom. The fraction of sp³-hybridized carbons (Fsp3) is 0.875. The van der Waals surface area contributed by atoms with Crippen molar-refractivity contribution in [2.75, 3.05) is 13.2 Å². The van der Waals surface area contributed by atoms with Crippen molar-refractivity contribution in [2.24, 2.45) is 0 Å². The maximum Gasteiger partial charge on any atom is 2.00 e. The maximum atomic E-state index is 10.4. The van der Waals surface area contributed by atoms with Gasteiger partial charge in [0, 0.05) is 26.1 Å². The molecule has 0 unspecified atom stereocenters. The Bertz CT molecular complexity index is 438. The van der Waals surface area contributed by atoms with Crippen LogP contribution in [0.3, 0.4) is 0 Å². The third kappa shape index (κ3) is 44.0. The van der Waals surface area contributed by atoms with Crippen molar-refractivity contribution in [3.63, 3.8) is 0 Å². The number of aldehydes is 2. The van der Waals surface area contributed by atoms with E-state index < -0.39 is 13.4 Å². The van der Waals surface area contributed by atoms with E-state index in [1.165, 1.54) is 0 Å². The van der Waals surface area contributed by atoms with Crippen LogP contribution in [-0.4, -0.2) is 63.5 Å². The van der Waals surface area contributed by atoms with Gasteiger partial charge < -0.3 is 38.2 Å². The predicted molar refractivity (Wildman–Crippen MR) is 114 cm³/mol. The van der Waals surface area contributed by atoms with Crippen molar-refractivity contribution in [3.8, 4) is 0 Å². The monoisotopic (exact) mass is 580 g/mol. The van der Waals surface area contributed by atoms with Gasteiger partial charge >= 0.3 is 57.2 Å². The molecule has 0 rings (SSSR count). The summed E-state index contributed by atoms with van der Waals surface area (Å²) in [6.07, 6.45) is 12.1. The zero-order valence-corrected chi connectivity index (χ0v) is 26.0. The first-order chi connectivity index (χ1) is 13.1. The number of rotatable bonds is 18. The molecule has 0 fully saturated rings. The number of carbonyl (C=O) groups excluding carboxylic acids is 2. The van der Waals surface area contributed by atoms with Crippen LogP contribution in [0.25, 0.3) is 0 Å². The van der Waals surface area contributed by atoms with Crippen molar-refractivity contribution in [2.45, 2.75) is 77.0 Å². The van der Waals surface area contributed by atoms with E-state index in [0.29, 0.717) is 25.7 Å². The van der Waals surface area contributed by atoms with Crippen molar-refractivity contribution >= 4 is 87.4 Å². The first-order valence-corrected chi connectivity index (χ1v) is 14.4. The molecule has 0 radical (unpaired) electrons. The Morgan fingerprint density at radius 2 is 0.867 bits per heavy atom. The van der Waals surface area contributed by atoms with Crippen LogP contribution in [0.1, 0.15) is 77.0 Å². The molecule has 0 aliphatic carbocycles. The van der Waals surface area contributed by atoms with E-state index in [4.69, 9.17) is 0 Å². The fourth-order valence-corrected chi connectivity index (χ4v) is 3.23. The number of unbranched alkanes of at least 4 members (excludes halogenated alkanes) is 10. The first-order valence-electron chi connectivity index (χ1n) is 9.33. The summed E-state index contributed by atoms with van der Waals surface area (Å²) in [5.74, 6) is 0. The molecule has 168 valence electrons. The van der Waals surface area contributed by atoms with Gasteiger partial charge in [0.05, 0.1) is 0 Å². The van der Waals surface area contributed by atoms with Crippen LogP contribution in [0.4, 0.5) is 0 Å². The normalized spacial score (nSPS) is 10.8. The summed E-state index contributed by atoms with van der Waals surface area (Å²) in [5.41, 5.74) is 0. The van der Waals surface area contributed by atoms with Gasteiger partial charge in [-0.1, -0.05) is 52.0 Å². The summed E-state index contributed by atoms with van der Waals surface area (Å²) in [5, 5.41) is 0. The average molecular weight is 582 g/mol. The third-order valence-electron chi connectivity index (χ3n) is 3.43. The van der Waals surface area contributed by atoms with Crippen molar-refractivity contribution < 1.29 is 57.7 Å². The molecule has 0 heterocycles. The Balaban J connectivity index is -0.000000211. The van der Waals surface area contributed by atoms with Gasteiger partial charge in [0.15, 0.2) is 0 Å². The summed E-state index contributed by atoms with van der Waals surface area (Å²) in [7, 11) is 0. The minimum atomic E-state index is -3.94. The van der Waals surface area contributed by atoms with Crippen LogP contribution in [-0.2, 0) is 61.7 Å². The number of carbonyl (C=O) groups is 2. The molecule has 0 aromatic carbocycles. The van der Waals surface area contributed by atoms with Gasteiger partial charge in [-0.15, -0.1) is 23.6 Å². The van der Waals surface area contributed by atoms with Gasteiger partial charge in [-0.3, -0.25) is 0 Å². The predicted octanol–water partition coefficient (Wildman–Crippen LogP) is 0.592. The van der Waals surface area contributed by atoms with Crippen LogP contribution < -0.4 is 19.6 Å². The van der Waals surface area contributed by atoms with Crippen molar-refractivity contribution in [3.05, 3.63) is 0 Å². The standard InChI is InChI=1S/2C8H17O4PS.Ca.Zn/c2*9-7-5-3-1-2-4-6-8-12-13(10,11)14;;/h2*7H,1-6,8H2,(H2,10,11,14);;/q;;2*+2/p-4. The Morgan fingerprint density at radius 3 is 1.13 bits per heavy atom. The van der Waals surface area contributed by atoms with E-state index in [9.17, 15) is 29.2 Å². The topological polar surface area (TPSA) is 145 Å². The zero-order valence-electron chi connectivity index (χ0n) is 17.4. The van der Waals surface area contributed by atoms with E-state index in [0.717, 1.165) is 63.9 Å². The Labute approximate surface area is 233 Å². The van der Waals surface area contributed by atoms with E-state index >= 15 is 0 Å². The molecule has 0 atom stereocenters. The van der Waals surface area contributed by atoms with Crippen LogP contribution in [0.5, 0.6) is 0 Å². The minimum Gasteiger partial charge on any atom is -0.812 e. The second kappa shape index (κ2) is 27.5. The van der Waals surface area contributed by atoms with Gasteiger partial charge in [-0.25, -0.2) is 0 Å². The third-order valence-corrected chi connectivity index (χ3v) is 5.06. The SMILES string of the molecule is O=CCCCCCCCOP([O-])([O-])=S.O=CCCCCCCCOP([O-])([O-])=S.[Ca+2].[Zn+2]. The number of hydrogen-bond acceptors (Lipinski definition) is 10. The quantitative estimate of drug-likeness (QED) is 0.0976. The molecule has 8 nitrogen and oxygen atoms in total. The second-order valence-electron chi connectivity index (χ2n) is 6.01. The fourth-order valence-electron chi connectivity index (χ4n) is 2.07. The van der Waals surface area contributed by atoms with Crippen molar-refractivity contribution in [1.29, 1.82) is 0 Å². The minimum absolute atomic E-state index is 0. The van der Waals surface area contributed by atoms with Crippen LogP contribution in [0.2, 0.25) is 0 Å². The summed E-state index contributed by atoms with van der Waals surface area (Å²) in [4.78, 5) is 61.5. The van der Waals surface area contributed by atoms with Crippen molar-refractivity contribution in [1.82, 2.24) is 0 Å². The molecule has 0 aliphatic rings. The Hall–Kier alpha value is 2.28. The summed E-state index contributed by atoms with van der Waals surface area (Å²) < 4.78 is 8.83. The molecule has 0 saturated carbocycles. The average Bonchev–Trinajstić information content (AvgIpc) is 2.58. The molecule has 0 spiro atoms. The summed E-state index contributed by atoms with van der Waals surface area (Å²) >= 11 is 8.12. The van der Waals surface area contributed by atoms with Crippen LogP contribution in [0, 0.1) is 0 Å². The van der Waals surface area contributed by atoms with Crippen LogP contribution in [0.15, 0.2) is 0 Å². The van der Waals surface area contributed by atoms with E-state index in [-0.39, 0.29) is 70.4 Å². The molecule has 0 aliphatic heterocycles. The first kappa shape index (κ1) is 39.5. The van der Waals surface area contributed by atoms with Gasteiger partial charge in [0.1, 0.15) is 12.6 Å². The van der Waals surface area contributed by atoms with Gasteiger partial charge in [-0.05, 0) is 25.7 Å². The molecule has 0 amide bonds. The summed E-state index contributed by atoms with van der Waals surface area (Å²) in [6.45, 7) is -7.53. The molecular formula is C16H30CaO8P2S2Zn. The van der Waals surface area contributed by atoms with E-state index in [2.05, 4.69) is 32.7 Å². The van der Waals surface area contributed by atoms with Gasteiger partial charge in [0.25, 0.3) is 0 Å². The zero-order chi connectivity index (χ0) is 21.7. The molecular weight excluding hydrogens is 552 g/mol. The molecule has 14 heteroatoms. The summed E-state index contributed by atoms with van der Waals surface area (Å²) in [6, 6.07) is 0. The Kier molecular flexibility index (Phi) is 36.2. The molecule has 0 saturated heterocycles. The molecule has 0 aromatic heterocycles. The van der Waals surface area contributed by atoms with Crippen LogP contribution >= 0.6 is 13.4 Å². The molecule has 0 aromatic rings. The van der Waals surface area contributed by atoms with Gasteiger partial charge in [-0.2, -0.15) is 0 Å². The largest absolute Gasteiger partial charge is 2.00 e. The van der Waals surface area contributed by atoms with E-state index in [1.54, 1.807) is 0 Å². The molecule has 0 bridgehead atoms. The second-order valence-corrected chi connectivity index (χ2v) is 11.0. The maximum absolute atomic E-state index is 10.4. The number of hydrogen-bond donors (Lipinski definition) is 0. The van der Waals surface area contributed by atoms with Gasteiger partial charge in [0.2, 0.25) is 0 Å².